The zero-order chi connectivity index (χ0) is 14.3. The average Bonchev–Trinajstić information content (AvgIpc) is 2.36. The van der Waals surface area contributed by atoms with Crippen molar-refractivity contribution < 1.29 is 9.53 Å². The standard InChI is InChI=1S/C15H24N2O2/c1-4-12(3)19-14-7-5-6-13(10-14)17-15(18)9-8-11(2)16/h5-7,10-12H,4,8-9,16H2,1-3H3,(H,17,18). The van der Waals surface area contributed by atoms with E-state index in [1.54, 1.807) is 0 Å². The van der Waals surface area contributed by atoms with Gasteiger partial charge in [-0.15, -0.1) is 0 Å². The lowest BCUT2D eigenvalue weighted by Gasteiger charge is -2.13. The number of carbonyl (C=O) groups is 1. The monoisotopic (exact) mass is 264 g/mol. The number of benzene rings is 1. The summed E-state index contributed by atoms with van der Waals surface area (Å²) < 4.78 is 5.71. The number of hydrogen-bond donors (Lipinski definition) is 2. The molecule has 0 radical (unpaired) electrons. The molecule has 1 aromatic carbocycles. The third-order valence-electron chi connectivity index (χ3n) is 2.86. The Hall–Kier alpha value is -1.55. The van der Waals surface area contributed by atoms with Crippen LogP contribution in [0.1, 0.15) is 40.0 Å². The number of rotatable bonds is 7. The number of amides is 1. The molecule has 3 N–H and O–H groups in total. The van der Waals surface area contributed by atoms with Crippen LogP contribution in [-0.4, -0.2) is 18.1 Å². The van der Waals surface area contributed by atoms with Crippen molar-refractivity contribution in [1.82, 2.24) is 0 Å². The summed E-state index contributed by atoms with van der Waals surface area (Å²) in [7, 11) is 0. The minimum absolute atomic E-state index is 0.0158. The van der Waals surface area contributed by atoms with E-state index in [2.05, 4.69) is 12.2 Å². The van der Waals surface area contributed by atoms with Crippen molar-refractivity contribution in [2.45, 2.75) is 52.2 Å². The molecule has 4 heteroatoms. The van der Waals surface area contributed by atoms with Gasteiger partial charge < -0.3 is 15.8 Å². The molecule has 0 aromatic heterocycles. The van der Waals surface area contributed by atoms with Crippen molar-refractivity contribution >= 4 is 11.6 Å². The maximum Gasteiger partial charge on any atom is 0.224 e. The van der Waals surface area contributed by atoms with E-state index in [-0.39, 0.29) is 18.1 Å². The molecule has 0 aliphatic heterocycles. The van der Waals surface area contributed by atoms with E-state index in [0.29, 0.717) is 12.8 Å². The molecule has 0 saturated carbocycles. The lowest BCUT2D eigenvalue weighted by Crippen LogP contribution is -2.19. The smallest absolute Gasteiger partial charge is 0.224 e. The van der Waals surface area contributed by atoms with Gasteiger partial charge in [0.05, 0.1) is 6.10 Å². The van der Waals surface area contributed by atoms with E-state index in [0.717, 1.165) is 17.9 Å². The van der Waals surface area contributed by atoms with Crippen molar-refractivity contribution in [3.8, 4) is 5.75 Å². The van der Waals surface area contributed by atoms with Gasteiger partial charge in [0, 0.05) is 24.2 Å². The minimum atomic E-state index is -0.0158. The van der Waals surface area contributed by atoms with Gasteiger partial charge in [-0.25, -0.2) is 0 Å². The quantitative estimate of drug-likeness (QED) is 0.796. The van der Waals surface area contributed by atoms with Gasteiger partial charge in [0.25, 0.3) is 0 Å². The lowest BCUT2D eigenvalue weighted by molar-refractivity contribution is -0.116. The Morgan fingerprint density at radius 3 is 2.79 bits per heavy atom. The molecule has 0 heterocycles. The van der Waals surface area contributed by atoms with Crippen molar-refractivity contribution in [1.29, 1.82) is 0 Å². The molecule has 0 aliphatic carbocycles. The van der Waals surface area contributed by atoms with E-state index in [1.165, 1.54) is 0 Å². The molecule has 106 valence electrons. The summed E-state index contributed by atoms with van der Waals surface area (Å²) in [6, 6.07) is 7.51. The zero-order valence-electron chi connectivity index (χ0n) is 12.0. The van der Waals surface area contributed by atoms with Gasteiger partial charge in [-0.2, -0.15) is 0 Å². The normalized spacial score (nSPS) is 13.7. The van der Waals surface area contributed by atoms with Crippen LogP contribution in [0.15, 0.2) is 24.3 Å². The molecule has 2 unspecified atom stereocenters. The SMILES string of the molecule is CCC(C)Oc1cccc(NC(=O)CCC(C)N)c1. The second kappa shape index (κ2) is 7.79. The van der Waals surface area contributed by atoms with Gasteiger partial charge in [-0.3, -0.25) is 4.79 Å². The minimum Gasteiger partial charge on any atom is -0.491 e. The number of nitrogens with one attached hydrogen (secondary N) is 1. The van der Waals surface area contributed by atoms with Crippen molar-refractivity contribution in [3.63, 3.8) is 0 Å². The van der Waals surface area contributed by atoms with Crippen LogP contribution in [0.3, 0.4) is 0 Å². The molecule has 4 nitrogen and oxygen atoms in total. The highest BCUT2D eigenvalue weighted by Crippen LogP contribution is 2.19. The van der Waals surface area contributed by atoms with E-state index < -0.39 is 0 Å². The third kappa shape index (κ3) is 6.25. The van der Waals surface area contributed by atoms with Crippen LogP contribution in [-0.2, 0) is 4.79 Å². The van der Waals surface area contributed by atoms with Crippen LogP contribution in [0.25, 0.3) is 0 Å². The van der Waals surface area contributed by atoms with Crippen molar-refractivity contribution in [2.75, 3.05) is 5.32 Å². The molecular weight excluding hydrogens is 240 g/mol. The van der Waals surface area contributed by atoms with Crippen LogP contribution in [0.5, 0.6) is 5.75 Å². The fourth-order valence-corrected chi connectivity index (χ4v) is 1.55. The molecule has 0 bridgehead atoms. The molecule has 2 atom stereocenters. The summed E-state index contributed by atoms with van der Waals surface area (Å²) in [6.45, 7) is 5.99. The Kier molecular flexibility index (Phi) is 6.36. The lowest BCUT2D eigenvalue weighted by atomic mass is 10.2. The zero-order valence-corrected chi connectivity index (χ0v) is 12.0. The summed E-state index contributed by atoms with van der Waals surface area (Å²) >= 11 is 0. The molecule has 0 spiro atoms. The fraction of sp³-hybridized carbons (Fsp3) is 0.533. The van der Waals surface area contributed by atoms with Gasteiger partial charge in [-0.1, -0.05) is 13.0 Å². The van der Waals surface area contributed by atoms with E-state index in [1.807, 2.05) is 38.1 Å². The molecule has 0 aliphatic rings. The maximum atomic E-state index is 11.7. The number of carbonyl (C=O) groups excluding carboxylic acids is 1. The Morgan fingerprint density at radius 2 is 2.16 bits per heavy atom. The summed E-state index contributed by atoms with van der Waals surface area (Å²) in [5, 5.41) is 2.85. The summed E-state index contributed by atoms with van der Waals surface area (Å²) in [5.41, 5.74) is 6.39. The first kappa shape index (κ1) is 15.5. The van der Waals surface area contributed by atoms with Gasteiger partial charge in [0.15, 0.2) is 0 Å². The van der Waals surface area contributed by atoms with Crippen LogP contribution in [0, 0.1) is 0 Å². The Balaban J connectivity index is 2.54. The summed E-state index contributed by atoms with van der Waals surface area (Å²) in [5.74, 6) is 0.761. The van der Waals surface area contributed by atoms with Crippen LogP contribution >= 0.6 is 0 Å². The van der Waals surface area contributed by atoms with Gasteiger partial charge in [0.1, 0.15) is 5.75 Å². The van der Waals surface area contributed by atoms with Gasteiger partial charge >= 0.3 is 0 Å². The molecule has 1 aromatic rings. The Bertz CT molecular complexity index is 405. The van der Waals surface area contributed by atoms with Gasteiger partial charge in [0.2, 0.25) is 5.91 Å². The van der Waals surface area contributed by atoms with Crippen LogP contribution < -0.4 is 15.8 Å². The number of ether oxygens (including phenoxy) is 1. The second-order valence-electron chi connectivity index (χ2n) is 4.93. The van der Waals surface area contributed by atoms with Crippen LogP contribution in [0.2, 0.25) is 0 Å². The Morgan fingerprint density at radius 1 is 1.42 bits per heavy atom. The molecule has 1 rings (SSSR count). The number of hydrogen-bond acceptors (Lipinski definition) is 3. The maximum absolute atomic E-state index is 11.7. The highest BCUT2D eigenvalue weighted by Gasteiger charge is 2.06. The first-order valence-corrected chi connectivity index (χ1v) is 6.83. The summed E-state index contributed by atoms with van der Waals surface area (Å²) in [4.78, 5) is 11.7. The first-order chi connectivity index (χ1) is 9.01. The number of anilines is 1. The first-order valence-electron chi connectivity index (χ1n) is 6.83. The van der Waals surface area contributed by atoms with E-state index in [9.17, 15) is 4.79 Å². The topological polar surface area (TPSA) is 64.3 Å². The highest BCUT2D eigenvalue weighted by molar-refractivity contribution is 5.90. The predicted octanol–water partition coefficient (Wildman–Crippen LogP) is 2.93. The largest absolute Gasteiger partial charge is 0.491 e. The Labute approximate surface area is 115 Å². The average molecular weight is 264 g/mol. The highest BCUT2D eigenvalue weighted by atomic mass is 16.5. The van der Waals surface area contributed by atoms with Crippen LogP contribution in [0.4, 0.5) is 5.69 Å². The second-order valence-corrected chi connectivity index (χ2v) is 4.93. The fourth-order valence-electron chi connectivity index (χ4n) is 1.55. The third-order valence-corrected chi connectivity index (χ3v) is 2.86. The molecule has 0 fully saturated rings. The van der Waals surface area contributed by atoms with E-state index in [4.69, 9.17) is 10.5 Å². The molecule has 0 saturated heterocycles. The van der Waals surface area contributed by atoms with E-state index >= 15 is 0 Å². The number of nitrogens with two attached hydrogens (primary N) is 1. The predicted molar refractivity (Wildman–Crippen MR) is 78.3 cm³/mol. The van der Waals surface area contributed by atoms with Crippen molar-refractivity contribution in [2.24, 2.45) is 5.73 Å². The molecule has 19 heavy (non-hydrogen) atoms. The summed E-state index contributed by atoms with van der Waals surface area (Å²) in [6.07, 6.45) is 2.25. The van der Waals surface area contributed by atoms with Gasteiger partial charge in [-0.05, 0) is 38.8 Å². The molecular formula is C15H24N2O2. The molecule has 1 amide bonds. The van der Waals surface area contributed by atoms with Crippen molar-refractivity contribution in [3.05, 3.63) is 24.3 Å².